The van der Waals surface area contributed by atoms with Crippen LogP contribution in [0.4, 0.5) is 28.4 Å². The van der Waals surface area contributed by atoms with Crippen molar-refractivity contribution < 1.29 is 45.4 Å². The maximum absolute atomic E-state index is 13.3. The first-order chi connectivity index (χ1) is 24.6. The quantitative estimate of drug-likeness (QED) is 0.0333. The van der Waals surface area contributed by atoms with E-state index in [0.29, 0.717) is 11.4 Å². The number of carboxylic acid groups (broad SMARTS) is 1. The molecule has 4 aromatic carbocycles. The van der Waals surface area contributed by atoms with Crippen LogP contribution < -0.4 is 16.6 Å². The number of nitrogens with zero attached hydrogens (tertiary/aromatic N) is 4. The minimum Gasteiger partial charge on any atom is -0.478 e. The van der Waals surface area contributed by atoms with Gasteiger partial charge in [0.05, 0.1) is 33.4 Å². The number of allylic oxidation sites excluding steroid dienone is 4. The van der Waals surface area contributed by atoms with Crippen molar-refractivity contribution in [3.05, 3.63) is 113 Å². The van der Waals surface area contributed by atoms with Crippen LogP contribution >= 0.6 is 0 Å². The number of nitrogen functional groups attached to an aromatic ring is 1. The number of aliphatic carboxylic acids is 1. The van der Waals surface area contributed by atoms with E-state index < -0.39 is 58.9 Å². The molecule has 262 valence electrons. The van der Waals surface area contributed by atoms with Crippen LogP contribution in [0.25, 0.3) is 16.8 Å². The molecule has 0 amide bonds. The van der Waals surface area contributed by atoms with Crippen LogP contribution in [-0.4, -0.2) is 60.0 Å². The van der Waals surface area contributed by atoms with Gasteiger partial charge in [0.25, 0.3) is 20.2 Å². The number of hydrazone groups is 2. The number of carbonyl (C=O) groups is 3. The molecule has 2 aliphatic carbocycles. The lowest BCUT2D eigenvalue weighted by atomic mass is 9.94. The van der Waals surface area contributed by atoms with Crippen LogP contribution in [0, 0.1) is 0 Å². The maximum atomic E-state index is 13.3. The Kier molecular flexibility index (Phi) is 9.17. The highest BCUT2D eigenvalue weighted by Gasteiger charge is 2.33. The summed E-state index contributed by atoms with van der Waals surface area (Å²) < 4.78 is 68.0. The largest absolute Gasteiger partial charge is 0.478 e. The molecule has 0 fully saturated rings. The van der Waals surface area contributed by atoms with E-state index >= 15 is 0 Å². The average Bonchev–Trinajstić information content (AvgIpc) is 3.09. The monoisotopic (exact) mass is 741 g/mol. The van der Waals surface area contributed by atoms with E-state index in [1.54, 1.807) is 24.3 Å². The van der Waals surface area contributed by atoms with Gasteiger partial charge in [-0.1, -0.05) is 6.07 Å². The molecule has 0 saturated carbocycles. The van der Waals surface area contributed by atoms with E-state index in [4.69, 9.17) is 10.8 Å². The molecule has 17 nitrogen and oxygen atoms in total. The molecule has 0 atom stereocenters. The zero-order valence-corrected chi connectivity index (χ0v) is 27.8. The summed E-state index contributed by atoms with van der Waals surface area (Å²) in [7, 11) is -9.59. The lowest BCUT2D eigenvalue weighted by molar-refractivity contribution is -0.134. The molecule has 0 aromatic heterocycles. The van der Waals surface area contributed by atoms with Crippen LogP contribution in [0.2, 0.25) is 0 Å². The molecule has 2 aliphatic rings. The van der Waals surface area contributed by atoms with Crippen LogP contribution in [0.15, 0.2) is 127 Å². The van der Waals surface area contributed by atoms with Gasteiger partial charge in [0, 0.05) is 22.0 Å². The third-order valence-corrected chi connectivity index (χ3v) is 9.25. The maximum Gasteiger partial charge on any atom is 0.339 e. The van der Waals surface area contributed by atoms with E-state index in [-0.39, 0.29) is 44.7 Å². The molecule has 0 unspecified atom stereocenters. The summed E-state index contributed by atoms with van der Waals surface area (Å²) in [4.78, 5) is 34.9. The minimum absolute atomic E-state index is 0.0863. The number of fused-ring (bicyclic) bond motifs is 2. The summed E-state index contributed by atoms with van der Waals surface area (Å²) in [6.45, 7) is 0. The lowest BCUT2D eigenvalue weighted by Crippen LogP contribution is -2.27. The molecule has 7 N–H and O–H groups in total. The standard InChI is InChI=1S/C33H23N7O10S2/c34-18-1-8-23-17(13-18)14-30(52(48,49)50)31(32(23)42)40-39-27-10-11-28(25-16-22(51(45,46)47)7-9-24(25)27)38-36-20-4-2-19(3-5-20)35-37-21-6-12-29(41)26(15-21)33(43)44/h1-16,35,39H,34H2,(H,43,44)(H,45,46,47)(H,48,49,50)/b37-21-,38-36?,40-31-. The SMILES string of the molecule is Nc1ccc2c(c1)C=C(S(=O)(=O)O)/C(=N/Nc1ccc(N=Nc3ccc(N/N=C4/C=CC(=O)C(C(=O)O)=C4)cc3)c3cc(S(=O)(=O)O)ccc13)C2=O. The van der Waals surface area contributed by atoms with Gasteiger partial charge < -0.3 is 10.8 Å². The van der Waals surface area contributed by atoms with Gasteiger partial charge >= 0.3 is 5.97 Å². The Labute approximate surface area is 293 Å². The van der Waals surface area contributed by atoms with Crippen molar-refractivity contribution in [3.63, 3.8) is 0 Å². The number of ketones is 2. The first kappa shape index (κ1) is 35.2. The average molecular weight is 742 g/mol. The van der Waals surface area contributed by atoms with Crippen LogP contribution in [0.3, 0.4) is 0 Å². The fourth-order valence-corrected chi connectivity index (χ4v) is 6.20. The number of hydrogen-bond acceptors (Lipinski definition) is 14. The van der Waals surface area contributed by atoms with Crippen molar-refractivity contribution in [1.29, 1.82) is 0 Å². The van der Waals surface area contributed by atoms with E-state index in [0.717, 1.165) is 30.4 Å². The number of Topliss-reactive ketones (excluding diaryl/α,β-unsaturated/α-hetero) is 1. The highest BCUT2D eigenvalue weighted by atomic mass is 32.2. The van der Waals surface area contributed by atoms with Crippen LogP contribution in [0.1, 0.15) is 15.9 Å². The highest BCUT2D eigenvalue weighted by Crippen LogP contribution is 2.35. The number of nitrogens with two attached hydrogens (primary N) is 1. The molecular formula is C33H23N7O10S2. The third-order valence-electron chi connectivity index (χ3n) is 7.53. The number of hydrogen-bond donors (Lipinski definition) is 6. The van der Waals surface area contributed by atoms with Gasteiger partial charge in [-0.3, -0.25) is 29.5 Å². The molecule has 4 aromatic rings. The molecule has 0 saturated heterocycles. The summed E-state index contributed by atoms with van der Waals surface area (Å²) in [5.74, 6) is -2.84. The first-order valence-corrected chi connectivity index (χ1v) is 17.5. The fourth-order valence-electron chi connectivity index (χ4n) is 5.03. The van der Waals surface area contributed by atoms with Crippen LogP contribution in [-0.2, 0) is 29.8 Å². The number of benzene rings is 4. The van der Waals surface area contributed by atoms with E-state index in [1.165, 1.54) is 42.5 Å². The summed E-state index contributed by atoms with van der Waals surface area (Å²) in [6.07, 6.45) is 4.64. The summed E-state index contributed by atoms with van der Waals surface area (Å²) in [5.41, 5.74) is 11.9. The van der Waals surface area contributed by atoms with Gasteiger partial charge in [0.15, 0.2) is 11.5 Å². The van der Waals surface area contributed by atoms with Crippen molar-refractivity contribution in [2.45, 2.75) is 4.90 Å². The van der Waals surface area contributed by atoms with Gasteiger partial charge in [-0.25, -0.2) is 4.79 Å². The molecule has 0 radical (unpaired) electrons. The predicted molar refractivity (Wildman–Crippen MR) is 191 cm³/mol. The second-order valence-corrected chi connectivity index (χ2v) is 13.8. The Morgan fingerprint density at radius 1 is 0.750 bits per heavy atom. The highest BCUT2D eigenvalue weighted by molar-refractivity contribution is 7.91. The van der Waals surface area contributed by atoms with Gasteiger partial charge in [0.1, 0.15) is 10.5 Å². The predicted octanol–water partition coefficient (Wildman–Crippen LogP) is 4.90. The van der Waals surface area contributed by atoms with Crippen molar-refractivity contribution in [1.82, 2.24) is 0 Å². The molecule has 0 spiro atoms. The van der Waals surface area contributed by atoms with Gasteiger partial charge in [-0.05, 0) is 96.6 Å². The number of nitrogens with one attached hydrogen (secondary N) is 2. The van der Waals surface area contributed by atoms with E-state index in [9.17, 15) is 40.3 Å². The minimum atomic E-state index is -4.93. The molecule has 6 rings (SSSR count). The Morgan fingerprint density at radius 2 is 1.50 bits per heavy atom. The Morgan fingerprint density at radius 3 is 2.19 bits per heavy atom. The first-order valence-electron chi connectivity index (χ1n) is 14.6. The molecule has 0 bridgehead atoms. The van der Waals surface area contributed by atoms with Gasteiger partial charge in [-0.2, -0.15) is 32.2 Å². The third kappa shape index (κ3) is 7.41. The van der Waals surface area contributed by atoms with E-state index in [2.05, 4.69) is 31.3 Å². The zero-order valence-electron chi connectivity index (χ0n) is 26.1. The van der Waals surface area contributed by atoms with E-state index in [1.807, 2.05) is 0 Å². The summed E-state index contributed by atoms with van der Waals surface area (Å²) in [6, 6.07) is 17.0. The molecule has 52 heavy (non-hydrogen) atoms. The molecular weight excluding hydrogens is 719 g/mol. The van der Waals surface area contributed by atoms with Crippen molar-refractivity contribution in [3.8, 4) is 0 Å². The molecule has 0 heterocycles. The van der Waals surface area contributed by atoms with Gasteiger partial charge in [-0.15, -0.1) is 5.11 Å². The fraction of sp³-hybridized carbons (Fsp3) is 0. The van der Waals surface area contributed by atoms with Crippen molar-refractivity contribution in [2.75, 3.05) is 16.6 Å². The molecule has 19 heteroatoms. The lowest BCUT2D eigenvalue weighted by Gasteiger charge is -2.17. The number of anilines is 3. The summed E-state index contributed by atoms with van der Waals surface area (Å²) >= 11 is 0. The number of azo groups is 1. The number of carboxylic acids is 1. The smallest absolute Gasteiger partial charge is 0.339 e. The number of carbonyl (C=O) groups excluding carboxylic acids is 2. The molecule has 0 aliphatic heterocycles. The Hall–Kier alpha value is -6.67. The van der Waals surface area contributed by atoms with Crippen LogP contribution in [0.5, 0.6) is 0 Å². The summed E-state index contributed by atoms with van der Waals surface area (Å²) in [5, 5.41) is 26.1. The second kappa shape index (κ2) is 13.6. The Balaban J connectivity index is 1.30. The van der Waals surface area contributed by atoms with Crippen molar-refractivity contribution >= 4 is 94.5 Å². The van der Waals surface area contributed by atoms with Gasteiger partial charge in [0.2, 0.25) is 5.78 Å². The normalized spacial score (nSPS) is 16.3. The van der Waals surface area contributed by atoms with Crippen molar-refractivity contribution in [2.24, 2.45) is 20.4 Å². The topological polar surface area (TPSA) is 280 Å². The Bertz CT molecular complexity index is 2640. The second-order valence-electron chi connectivity index (χ2n) is 11.0. The number of rotatable bonds is 9. The zero-order chi connectivity index (χ0) is 37.4.